The maximum absolute atomic E-state index is 12.2. The lowest BCUT2D eigenvalue weighted by molar-refractivity contribution is -0.141. The van der Waals surface area contributed by atoms with E-state index in [1.54, 1.807) is 11.9 Å². The minimum atomic E-state index is -0.583. The van der Waals surface area contributed by atoms with Crippen LogP contribution >= 0.6 is 11.6 Å². The SMILES string of the molecule is CCCC1(O)CN(CC(=O)N(C)Cc2cccc(Cl)c2)C1. The Morgan fingerprint density at radius 2 is 2.19 bits per heavy atom. The third kappa shape index (κ3) is 4.43. The Hall–Kier alpha value is -1.10. The Morgan fingerprint density at radius 1 is 1.48 bits per heavy atom. The van der Waals surface area contributed by atoms with Gasteiger partial charge in [0.05, 0.1) is 12.1 Å². The standard InChI is InChI=1S/C16H23ClN2O2/c1-3-7-16(21)11-19(12-16)10-15(20)18(2)9-13-5-4-6-14(17)8-13/h4-6,8,21H,3,7,9-12H2,1-2H3. The number of likely N-dealkylation sites (N-methyl/N-ethyl adjacent to an activating group) is 1. The Labute approximate surface area is 131 Å². The zero-order valence-electron chi connectivity index (χ0n) is 12.7. The summed E-state index contributed by atoms with van der Waals surface area (Å²) in [5, 5.41) is 10.8. The molecule has 0 atom stereocenters. The lowest BCUT2D eigenvalue weighted by Gasteiger charge is -2.46. The molecule has 0 aromatic heterocycles. The van der Waals surface area contributed by atoms with E-state index in [4.69, 9.17) is 11.6 Å². The molecule has 0 aliphatic carbocycles. The molecule has 0 saturated carbocycles. The van der Waals surface area contributed by atoms with E-state index in [2.05, 4.69) is 6.92 Å². The van der Waals surface area contributed by atoms with Gasteiger partial charge < -0.3 is 10.0 Å². The molecular formula is C16H23ClN2O2. The fraction of sp³-hybridized carbons (Fsp3) is 0.562. The van der Waals surface area contributed by atoms with Crippen molar-refractivity contribution in [3.8, 4) is 0 Å². The molecule has 21 heavy (non-hydrogen) atoms. The molecule has 1 aliphatic rings. The highest BCUT2D eigenvalue weighted by molar-refractivity contribution is 6.30. The van der Waals surface area contributed by atoms with Crippen LogP contribution in [0.1, 0.15) is 25.3 Å². The third-order valence-electron chi connectivity index (χ3n) is 3.84. The van der Waals surface area contributed by atoms with Crippen molar-refractivity contribution >= 4 is 17.5 Å². The highest BCUT2D eigenvalue weighted by atomic mass is 35.5. The summed E-state index contributed by atoms with van der Waals surface area (Å²) in [5.41, 5.74) is 0.435. The first-order valence-corrected chi connectivity index (χ1v) is 7.73. The Morgan fingerprint density at radius 3 is 2.81 bits per heavy atom. The van der Waals surface area contributed by atoms with E-state index in [1.165, 1.54) is 0 Å². The summed E-state index contributed by atoms with van der Waals surface area (Å²) in [6.07, 6.45) is 1.77. The molecule has 1 aromatic rings. The van der Waals surface area contributed by atoms with Crippen LogP contribution in [0.4, 0.5) is 0 Å². The van der Waals surface area contributed by atoms with Crippen molar-refractivity contribution in [2.75, 3.05) is 26.7 Å². The molecule has 2 rings (SSSR count). The van der Waals surface area contributed by atoms with Crippen LogP contribution < -0.4 is 0 Å². The summed E-state index contributed by atoms with van der Waals surface area (Å²) in [4.78, 5) is 15.9. The number of likely N-dealkylation sites (tertiary alicyclic amines) is 1. The number of nitrogens with zero attached hydrogens (tertiary/aromatic N) is 2. The van der Waals surface area contributed by atoms with E-state index in [0.29, 0.717) is 31.2 Å². The summed E-state index contributed by atoms with van der Waals surface area (Å²) in [6, 6.07) is 7.53. The zero-order chi connectivity index (χ0) is 15.5. The van der Waals surface area contributed by atoms with Crippen molar-refractivity contribution in [2.45, 2.75) is 31.9 Å². The van der Waals surface area contributed by atoms with E-state index in [-0.39, 0.29) is 5.91 Å². The highest BCUT2D eigenvalue weighted by Gasteiger charge is 2.40. The van der Waals surface area contributed by atoms with E-state index in [0.717, 1.165) is 18.4 Å². The molecule has 0 bridgehead atoms. The van der Waals surface area contributed by atoms with Gasteiger partial charge in [0.1, 0.15) is 0 Å². The molecule has 0 radical (unpaired) electrons. The first-order valence-electron chi connectivity index (χ1n) is 7.35. The van der Waals surface area contributed by atoms with E-state index in [9.17, 15) is 9.90 Å². The van der Waals surface area contributed by atoms with E-state index in [1.807, 2.05) is 29.2 Å². The number of β-amino-alcohol motifs (C(OH)–C–C–N with tert-alkyl or cyclic N) is 1. The van der Waals surface area contributed by atoms with Crippen molar-refractivity contribution in [3.05, 3.63) is 34.9 Å². The average Bonchev–Trinajstić information content (AvgIpc) is 2.37. The summed E-state index contributed by atoms with van der Waals surface area (Å²) in [5.74, 6) is 0.0634. The number of benzene rings is 1. The lowest BCUT2D eigenvalue weighted by atomic mass is 9.89. The molecule has 1 N–H and O–H groups in total. The minimum Gasteiger partial charge on any atom is -0.387 e. The van der Waals surface area contributed by atoms with Gasteiger partial charge in [0, 0.05) is 31.7 Å². The Bertz CT molecular complexity index is 501. The monoisotopic (exact) mass is 310 g/mol. The predicted octanol–water partition coefficient (Wildman–Crippen LogP) is 2.15. The number of amides is 1. The topological polar surface area (TPSA) is 43.8 Å². The maximum atomic E-state index is 12.2. The van der Waals surface area contributed by atoms with Crippen LogP contribution in [0.3, 0.4) is 0 Å². The van der Waals surface area contributed by atoms with Crippen molar-refractivity contribution < 1.29 is 9.90 Å². The first kappa shape index (κ1) is 16.3. The summed E-state index contributed by atoms with van der Waals surface area (Å²) >= 11 is 5.95. The number of carbonyl (C=O) groups is 1. The van der Waals surface area contributed by atoms with E-state index < -0.39 is 5.60 Å². The molecule has 0 unspecified atom stereocenters. The van der Waals surface area contributed by atoms with Gasteiger partial charge in [0.2, 0.25) is 5.91 Å². The molecular weight excluding hydrogens is 288 g/mol. The molecule has 1 fully saturated rings. The van der Waals surface area contributed by atoms with Crippen LogP contribution in [0.2, 0.25) is 5.02 Å². The Kier molecular flexibility index (Phi) is 5.25. The molecule has 1 aromatic carbocycles. The predicted molar refractivity (Wildman–Crippen MR) is 84.2 cm³/mol. The minimum absolute atomic E-state index is 0.0634. The number of rotatable bonds is 6. The van der Waals surface area contributed by atoms with Crippen molar-refractivity contribution in [1.29, 1.82) is 0 Å². The van der Waals surface area contributed by atoms with Crippen LogP contribution in [0, 0.1) is 0 Å². The number of aliphatic hydroxyl groups is 1. The second-order valence-electron chi connectivity index (χ2n) is 6.00. The molecule has 1 heterocycles. The molecule has 116 valence electrons. The largest absolute Gasteiger partial charge is 0.387 e. The smallest absolute Gasteiger partial charge is 0.236 e. The maximum Gasteiger partial charge on any atom is 0.236 e. The molecule has 1 aliphatic heterocycles. The second-order valence-corrected chi connectivity index (χ2v) is 6.44. The second kappa shape index (κ2) is 6.77. The molecule has 1 amide bonds. The molecule has 5 heteroatoms. The summed E-state index contributed by atoms with van der Waals surface area (Å²) in [6.45, 7) is 4.16. The van der Waals surface area contributed by atoms with Crippen LogP contribution in [0.15, 0.2) is 24.3 Å². The van der Waals surface area contributed by atoms with Gasteiger partial charge in [-0.2, -0.15) is 0 Å². The number of carbonyl (C=O) groups excluding carboxylic acids is 1. The van der Waals surface area contributed by atoms with Crippen molar-refractivity contribution in [3.63, 3.8) is 0 Å². The number of halogens is 1. The van der Waals surface area contributed by atoms with Crippen LogP contribution in [-0.4, -0.2) is 53.1 Å². The van der Waals surface area contributed by atoms with Gasteiger partial charge in [0.25, 0.3) is 0 Å². The van der Waals surface area contributed by atoms with Gasteiger partial charge in [-0.1, -0.05) is 37.1 Å². The van der Waals surface area contributed by atoms with Crippen molar-refractivity contribution in [2.24, 2.45) is 0 Å². The molecule has 0 spiro atoms. The summed E-state index contributed by atoms with van der Waals surface area (Å²) in [7, 11) is 1.79. The normalized spacial score (nSPS) is 17.3. The van der Waals surface area contributed by atoms with Gasteiger partial charge in [-0.25, -0.2) is 0 Å². The van der Waals surface area contributed by atoms with E-state index >= 15 is 0 Å². The quantitative estimate of drug-likeness (QED) is 0.875. The lowest BCUT2D eigenvalue weighted by Crippen LogP contribution is -2.63. The Balaban J connectivity index is 1.79. The zero-order valence-corrected chi connectivity index (χ0v) is 13.4. The fourth-order valence-electron chi connectivity index (χ4n) is 2.83. The average molecular weight is 311 g/mol. The summed E-state index contributed by atoms with van der Waals surface area (Å²) < 4.78 is 0. The number of hydrogen-bond acceptors (Lipinski definition) is 3. The van der Waals surface area contributed by atoms with Crippen LogP contribution in [-0.2, 0) is 11.3 Å². The van der Waals surface area contributed by atoms with Crippen LogP contribution in [0.5, 0.6) is 0 Å². The molecule has 4 nitrogen and oxygen atoms in total. The fourth-order valence-corrected chi connectivity index (χ4v) is 3.04. The van der Waals surface area contributed by atoms with Gasteiger partial charge in [-0.15, -0.1) is 0 Å². The van der Waals surface area contributed by atoms with Crippen LogP contribution in [0.25, 0.3) is 0 Å². The molecule has 1 saturated heterocycles. The van der Waals surface area contributed by atoms with Gasteiger partial charge in [-0.3, -0.25) is 9.69 Å². The van der Waals surface area contributed by atoms with Gasteiger partial charge in [-0.05, 0) is 24.1 Å². The third-order valence-corrected chi connectivity index (χ3v) is 4.08. The van der Waals surface area contributed by atoms with Gasteiger partial charge >= 0.3 is 0 Å². The number of hydrogen-bond donors (Lipinski definition) is 1. The highest BCUT2D eigenvalue weighted by Crippen LogP contribution is 2.25. The van der Waals surface area contributed by atoms with Crippen molar-refractivity contribution in [1.82, 2.24) is 9.80 Å². The van der Waals surface area contributed by atoms with Gasteiger partial charge in [0.15, 0.2) is 0 Å². The first-order chi connectivity index (χ1) is 9.92.